The van der Waals surface area contributed by atoms with Crippen molar-refractivity contribution in [3.05, 3.63) is 93.1 Å². The Labute approximate surface area is 205 Å². The minimum absolute atomic E-state index is 0.228. The molecule has 1 saturated heterocycles. The standard InChI is InChI=1S/C28H30N2O3S/c1-19-10-11-20(2)25(16-19)33-15-14-30-27(31)26(34-28(30)32)18-24-17-21(3)29(22(24)4)13-12-23-8-6-5-7-9-23/h5-11,16-18H,12-15H2,1-4H3/b26-18-. The zero-order valence-corrected chi connectivity index (χ0v) is 20.9. The summed E-state index contributed by atoms with van der Waals surface area (Å²) in [6.07, 6.45) is 2.78. The average molecular weight is 475 g/mol. The van der Waals surface area contributed by atoms with Crippen molar-refractivity contribution >= 4 is 29.0 Å². The molecule has 1 aliphatic rings. The Bertz CT molecular complexity index is 1240. The molecule has 0 aliphatic carbocycles. The van der Waals surface area contributed by atoms with E-state index in [0.717, 1.165) is 58.6 Å². The fourth-order valence-corrected chi connectivity index (χ4v) is 5.00. The summed E-state index contributed by atoms with van der Waals surface area (Å²) in [5.41, 5.74) is 6.64. The molecule has 176 valence electrons. The normalized spacial score (nSPS) is 14.9. The predicted octanol–water partition coefficient (Wildman–Crippen LogP) is 6.08. The van der Waals surface area contributed by atoms with Crippen LogP contribution in [0.5, 0.6) is 5.75 Å². The van der Waals surface area contributed by atoms with Gasteiger partial charge >= 0.3 is 0 Å². The van der Waals surface area contributed by atoms with Crippen LogP contribution in [-0.4, -0.2) is 33.8 Å². The van der Waals surface area contributed by atoms with Crippen molar-refractivity contribution in [3.63, 3.8) is 0 Å². The van der Waals surface area contributed by atoms with Gasteiger partial charge in [0, 0.05) is 17.9 Å². The number of hydrogen-bond acceptors (Lipinski definition) is 4. The molecule has 0 radical (unpaired) electrons. The molecule has 1 fully saturated rings. The zero-order chi connectivity index (χ0) is 24.2. The highest BCUT2D eigenvalue weighted by Crippen LogP contribution is 2.33. The van der Waals surface area contributed by atoms with E-state index in [-0.39, 0.29) is 24.3 Å². The number of carbonyl (C=O) groups is 2. The van der Waals surface area contributed by atoms with E-state index < -0.39 is 0 Å². The van der Waals surface area contributed by atoms with Crippen LogP contribution in [0.4, 0.5) is 4.79 Å². The molecule has 1 aromatic heterocycles. The molecule has 0 unspecified atom stereocenters. The molecular formula is C28H30N2O3S. The Morgan fingerprint density at radius 1 is 0.941 bits per heavy atom. The first-order chi connectivity index (χ1) is 16.3. The highest BCUT2D eigenvalue weighted by molar-refractivity contribution is 8.18. The van der Waals surface area contributed by atoms with Gasteiger partial charge in [0.2, 0.25) is 0 Å². The number of aryl methyl sites for hydroxylation is 4. The second kappa shape index (κ2) is 10.3. The molecule has 3 aromatic rings. The van der Waals surface area contributed by atoms with Crippen LogP contribution < -0.4 is 4.74 Å². The van der Waals surface area contributed by atoms with Gasteiger partial charge in [-0.1, -0.05) is 42.5 Å². The summed E-state index contributed by atoms with van der Waals surface area (Å²) in [5, 5.41) is -0.251. The first-order valence-electron chi connectivity index (χ1n) is 11.5. The Morgan fingerprint density at radius 2 is 1.71 bits per heavy atom. The van der Waals surface area contributed by atoms with Crippen molar-refractivity contribution in [2.75, 3.05) is 13.2 Å². The number of nitrogens with zero attached hydrogens (tertiary/aromatic N) is 2. The number of thioether (sulfide) groups is 1. The number of rotatable bonds is 8. The summed E-state index contributed by atoms with van der Waals surface area (Å²) in [5.74, 6) is 0.527. The van der Waals surface area contributed by atoms with E-state index >= 15 is 0 Å². The summed E-state index contributed by atoms with van der Waals surface area (Å²) in [6.45, 7) is 9.49. The van der Waals surface area contributed by atoms with Gasteiger partial charge in [0.25, 0.3) is 11.1 Å². The molecule has 0 spiro atoms. The predicted molar refractivity (Wildman–Crippen MR) is 138 cm³/mol. The lowest BCUT2D eigenvalue weighted by molar-refractivity contribution is -0.123. The van der Waals surface area contributed by atoms with E-state index in [4.69, 9.17) is 4.74 Å². The van der Waals surface area contributed by atoms with Crippen molar-refractivity contribution in [1.82, 2.24) is 9.47 Å². The number of amides is 2. The minimum atomic E-state index is -0.256. The van der Waals surface area contributed by atoms with Crippen LogP contribution in [0.3, 0.4) is 0 Å². The third-order valence-corrected chi connectivity index (χ3v) is 7.06. The van der Waals surface area contributed by atoms with Gasteiger partial charge in [-0.2, -0.15) is 0 Å². The summed E-state index contributed by atoms with van der Waals surface area (Å²) in [7, 11) is 0. The molecule has 0 N–H and O–H groups in total. The van der Waals surface area contributed by atoms with Gasteiger partial charge in [-0.3, -0.25) is 14.5 Å². The molecule has 5 nitrogen and oxygen atoms in total. The van der Waals surface area contributed by atoms with E-state index in [0.29, 0.717) is 4.91 Å². The second-order valence-corrected chi connectivity index (χ2v) is 9.66. The Morgan fingerprint density at radius 3 is 2.47 bits per heavy atom. The van der Waals surface area contributed by atoms with Crippen molar-refractivity contribution < 1.29 is 14.3 Å². The monoisotopic (exact) mass is 474 g/mol. The van der Waals surface area contributed by atoms with E-state index in [1.807, 2.05) is 44.2 Å². The van der Waals surface area contributed by atoms with Crippen LogP contribution in [0.15, 0.2) is 59.5 Å². The van der Waals surface area contributed by atoms with Gasteiger partial charge in [-0.15, -0.1) is 0 Å². The van der Waals surface area contributed by atoms with Gasteiger partial charge in [-0.05, 0) is 86.3 Å². The highest BCUT2D eigenvalue weighted by Gasteiger charge is 2.35. The van der Waals surface area contributed by atoms with E-state index in [2.05, 4.69) is 48.7 Å². The van der Waals surface area contributed by atoms with Gasteiger partial charge in [-0.25, -0.2) is 0 Å². The van der Waals surface area contributed by atoms with E-state index in [1.165, 1.54) is 10.5 Å². The van der Waals surface area contributed by atoms with Crippen molar-refractivity contribution in [1.29, 1.82) is 0 Å². The molecular weight excluding hydrogens is 444 g/mol. The molecule has 0 saturated carbocycles. The van der Waals surface area contributed by atoms with Crippen LogP contribution in [0.1, 0.15) is 33.6 Å². The third-order valence-electron chi connectivity index (χ3n) is 6.16. The minimum Gasteiger partial charge on any atom is -0.491 e. The van der Waals surface area contributed by atoms with Gasteiger partial charge < -0.3 is 9.30 Å². The lowest BCUT2D eigenvalue weighted by atomic mass is 10.1. The molecule has 6 heteroatoms. The quantitative estimate of drug-likeness (QED) is 0.371. The molecule has 2 heterocycles. The SMILES string of the molecule is Cc1ccc(C)c(OCCN2C(=O)S/C(=C\c3cc(C)n(CCc4ccccc4)c3C)C2=O)c1. The summed E-state index contributed by atoms with van der Waals surface area (Å²) in [4.78, 5) is 27.2. The second-order valence-electron chi connectivity index (χ2n) is 8.66. The smallest absolute Gasteiger partial charge is 0.293 e. The first-order valence-corrected chi connectivity index (χ1v) is 12.3. The summed E-state index contributed by atoms with van der Waals surface area (Å²) >= 11 is 0.996. The van der Waals surface area contributed by atoms with Gasteiger partial charge in [0.15, 0.2) is 0 Å². The van der Waals surface area contributed by atoms with Gasteiger partial charge in [0.05, 0.1) is 11.4 Å². The number of benzene rings is 2. The first kappa shape index (κ1) is 23.9. The molecule has 0 bridgehead atoms. The number of carbonyl (C=O) groups excluding carboxylic acids is 2. The van der Waals surface area contributed by atoms with Crippen molar-refractivity contribution in [2.24, 2.45) is 0 Å². The summed E-state index contributed by atoms with van der Waals surface area (Å²) < 4.78 is 8.12. The van der Waals surface area contributed by atoms with Crippen LogP contribution >= 0.6 is 11.8 Å². The number of ether oxygens (including phenoxy) is 1. The lowest BCUT2D eigenvalue weighted by Crippen LogP contribution is -2.32. The molecule has 1 aliphatic heterocycles. The Hall–Kier alpha value is -3.25. The fraction of sp³-hybridized carbons (Fsp3) is 0.286. The average Bonchev–Trinajstić information content (AvgIpc) is 3.24. The van der Waals surface area contributed by atoms with Crippen LogP contribution in [0.25, 0.3) is 6.08 Å². The topological polar surface area (TPSA) is 51.5 Å². The fourth-order valence-electron chi connectivity index (χ4n) is 4.15. The van der Waals surface area contributed by atoms with Crippen LogP contribution in [-0.2, 0) is 17.8 Å². The molecule has 2 aromatic carbocycles. The number of imide groups is 1. The van der Waals surface area contributed by atoms with Crippen LogP contribution in [0, 0.1) is 27.7 Å². The lowest BCUT2D eigenvalue weighted by Gasteiger charge is -2.14. The summed E-state index contributed by atoms with van der Waals surface area (Å²) in [6, 6.07) is 18.5. The molecule has 2 amide bonds. The van der Waals surface area contributed by atoms with Gasteiger partial charge in [0.1, 0.15) is 12.4 Å². The maximum Gasteiger partial charge on any atom is 0.293 e. The zero-order valence-electron chi connectivity index (χ0n) is 20.1. The van der Waals surface area contributed by atoms with E-state index in [9.17, 15) is 9.59 Å². The Balaban J connectivity index is 1.42. The number of aromatic nitrogens is 1. The maximum absolute atomic E-state index is 13.0. The third kappa shape index (κ3) is 5.28. The number of hydrogen-bond donors (Lipinski definition) is 0. The Kier molecular flexibility index (Phi) is 7.27. The largest absolute Gasteiger partial charge is 0.491 e. The molecule has 34 heavy (non-hydrogen) atoms. The van der Waals surface area contributed by atoms with Crippen LogP contribution in [0.2, 0.25) is 0 Å². The van der Waals surface area contributed by atoms with Crippen molar-refractivity contribution in [2.45, 2.75) is 40.7 Å². The maximum atomic E-state index is 13.0. The molecule has 0 atom stereocenters. The van der Waals surface area contributed by atoms with E-state index in [1.54, 1.807) is 0 Å². The molecule has 4 rings (SSSR count). The highest BCUT2D eigenvalue weighted by atomic mass is 32.2. The van der Waals surface area contributed by atoms with Crippen molar-refractivity contribution in [3.8, 4) is 5.75 Å².